The standard InChI is InChI=1S/C16H15F2N3O2S/c17-10-3-4-11(12(18)7-10)15(23)19-6-5-14(22)21-16-20-13(8-24-16)9-1-2-9/h3-4,7-9H,1-2,5-6H2,(H,19,23)(H,20,21,22). The van der Waals surface area contributed by atoms with Gasteiger partial charge in [0.15, 0.2) is 5.13 Å². The fraction of sp³-hybridized carbons (Fsp3) is 0.312. The molecule has 0 radical (unpaired) electrons. The lowest BCUT2D eigenvalue weighted by Crippen LogP contribution is -2.28. The molecule has 0 unspecified atom stereocenters. The van der Waals surface area contributed by atoms with Crippen molar-refractivity contribution in [2.24, 2.45) is 0 Å². The van der Waals surface area contributed by atoms with Crippen molar-refractivity contribution >= 4 is 28.3 Å². The van der Waals surface area contributed by atoms with Crippen LogP contribution in [0.3, 0.4) is 0 Å². The van der Waals surface area contributed by atoms with E-state index in [0.717, 1.165) is 30.7 Å². The number of aromatic nitrogens is 1. The van der Waals surface area contributed by atoms with Gasteiger partial charge in [-0.15, -0.1) is 11.3 Å². The van der Waals surface area contributed by atoms with Crippen LogP contribution in [0.5, 0.6) is 0 Å². The van der Waals surface area contributed by atoms with Gasteiger partial charge in [-0.2, -0.15) is 0 Å². The summed E-state index contributed by atoms with van der Waals surface area (Å²) in [6.45, 7) is 0.0440. The minimum absolute atomic E-state index is 0.0346. The smallest absolute Gasteiger partial charge is 0.254 e. The van der Waals surface area contributed by atoms with E-state index < -0.39 is 17.5 Å². The molecule has 1 heterocycles. The van der Waals surface area contributed by atoms with Crippen LogP contribution in [0.2, 0.25) is 0 Å². The minimum atomic E-state index is -0.938. The molecule has 0 aliphatic heterocycles. The second-order valence-corrected chi connectivity index (χ2v) is 6.39. The highest BCUT2D eigenvalue weighted by Gasteiger charge is 2.26. The number of nitrogens with one attached hydrogen (secondary N) is 2. The second-order valence-electron chi connectivity index (χ2n) is 5.53. The highest BCUT2D eigenvalue weighted by atomic mass is 32.1. The largest absolute Gasteiger partial charge is 0.351 e. The maximum absolute atomic E-state index is 13.5. The van der Waals surface area contributed by atoms with E-state index in [4.69, 9.17) is 0 Å². The number of hydrogen-bond acceptors (Lipinski definition) is 4. The van der Waals surface area contributed by atoms with Crippen LogP contribution in [0, 0.1) is 11.6 Å². The molecule has 5 nitrogen and oxygen atoms in total. The van der Waals surface area contributed by atoms with Crippen molar-refractivity contribution in [2.45, 2.75) is 25.2 Å². The molecule has 0 atom stereocenters. The molecule has 1 aromatic carbocycles. The Labute approximate surface area is 141 Å². The second kappa shape index (κ2) is 7.04. The molecule has 0 spiro atoms. The van der Waals surface area contributed by atoms with Gasteiger partial charge in [0.25, 0.3) is 5.91 Å². The Morgan fingerprint density at radius 2 is 2.08 bits per heavy atom. The van der Waals surface area contributed by atoms with Gasteiger partial charge in [-0.1, -0.05) is 0 Å². The van der Waals surface area contributed by atoms with Crippen molar-refractivity contribution in [2.75, 3.05) is 11.9 Å². The lowest BCUT2D eigenvalue weighted by atomic mass is 10.2. The molecule has 1 saturated carbocycles. The predicted molar refractivity (Wildman–Crippen MR) is 86.0 cm³/mol. The number of thiazole rings is 1. The lowest BCUT2D eigenvalue weighted by Gasteiger charge is -2.06. The van der Waals surface area contributed by atoms with Crippen molar-refractivity contribution in [3.05, 3.63) is 46.5 Å². The third-order valence-corrected chi connectivity index (χ3v) is 4.35. The van der Waals surface area contributed by atoms with Crippen LogP contribution in [-0.4, -0.2) is 23.3 Å². The first-order valence-corrected chi connectivity index (χ1v) is 8.39. The maximum Gasteiger partial charge on any atom is 0.254 e. The SMILES string of the molecule is O=C(CCNC(=O)c1ccc(F)cc1F)Nc1nc(C2CC2)cs1. The molecule has 24 heavy (non-hydrogen) atoms. The summed E-state index contributed by atoms with van der Waals surface area (Å²) in [5.74, 6) is -2.14. The number of hydrogen-bond donors (Lipinski definition) is 2. The van der Waals surface area contributed by atoms with Gasteiger partial charge in [-0.25, -0.2) is 13.8 Å². The Hall–Kier alpha value is -2.35. The average molecular weight is 351 g/mol. The molecule has 8 heteroatoms. The Morgan fingerprint density at radius 1 is 1.29 bits per heavy atom. The van der Waals surface area contributed by atoms with Crippen LogP contribution in [-0.2, 0) is 4.79 Å². The van der Waals surface area contributed by atoms with Gasteiger partial charge in [-0.05, 0) is 25.0 Å². The quantitative estimate of drug-likeness (QED) is 0.840. The first kappa shape index (κ1) is 16.5. The fourth-order valence-electron chi connectivity index (χ4n) is 2.15. The van der Waals surface area contributed by atoms with Crippen LogP contribution < -0.4 is 10.6 Å². The highest BCUT2D eigenvalue weighted by molar-refractivity contribution is 7.13. The average Bonchev–Trinajstić information content (AvgIpc) is 3.27. The van der Waals surface area contributed by atoms with Crippen molar-refractivity contribution < 1.29 is 18.4 Å². The molecule has 1 fully saturated rings. The molecule has 1 aromatic heterocycles. The minimum Gasteiger partial charge on any atom is -0.351 e. The highest BCUT2D eigenvalue weighted by Crippen LogP contribution is 2.40. The number of benzene rings is 1. The van der Waals surface area contributed by atoms with Crippen LogP contribution in [0.1, 0.15) is 41.2 Å². The molecule has 126 valence electrons. The van der Waals surface area contributed by atoms with Crippen LogP contribution in [0.15, 0.2) is 23.6 Å². The number of anilines is 1. The fourth-order valence-corrected chi connectivity index (χ4v) is 2.96. The summed E-state index contributed by atoms with van der Waals surface area (Å²) in [4.78, 5) is 27.9. The third-order valence-electron chi connectivity index (χ3n) is 3.58. The first-order valence-electron chi connectivity index (χ1n) is 7.51. The molecule has 0 bridgehead atoms. The van der Waals surface area contributed by atoms with Gasteiger partial charge in [-0.3, -0.25) is 9.59 Å². The zero-order valence-electron chi connectivity index (χ0n) is 12.6. The summed E-state index contributed by atoms with van der Waals surface area (Å²) in [5.41, 5.74) is 0.751. The Kier molecular flexibility index (Phi) is 4.84. The molecule has 2 N–H and O–H groups in total. The van der Waals surface area contributed by atoms with E-state index in [1.165, 1.54) is 11.3 Å². The number of nitrogens with zero attached hydrogens (tertiary/aromatic N) is 1. The van der Waals surface area contributed by atoms with Crippen molar-refractivity contribution in [3.63, 3.8) is 0 Å². The Bertz CT molecular complexity index is 774. The van der Waals surface area contributed by atoms with E-state index in [0.29, 0.717) is 17.1 Å². The normalized spacial score (nSPS) is 13.6. The maximum atomic E-state index is 13.5. The van der Waals surface area contributed by atoms with Gasteiger partial charge >= 0.3 is 0 Å². The number of carbonyl (C=O) groups is 2. The monoisotopic (exact) mass is 351 g/mol. The number of carbonyl (C=O) groups excluding carboxylic acids is 2. The van der Waals surface area contributed by atoms with E-state index in [1.54, 1.807) is 0 Å². The molecule has 2 amide bonds. The molecule has 0 saturated heterocycles. The molecule has 1 aliphatic carbocycles. The number of amides is 2. The van der Waals surface area contributed by atoms with Crippen molar-refractivity contribution in [3.8, 4) is 0 Å². The molecule has 1 aliphatic rings. The molecular formula is C16H15F2N3O2S. The number of rotatable bonds is 6. The van der Waals surface area contributed by atoms with Gasteiger partial charge in [0.2, 0.25) is 5.91 Å². The topological polar surface area (TPSA) is 71.1 Å². The Morgan fingerprint density at radius 3 is 2.79 bits per heavy atom. The van der Waals surface area contributed by atoms with Crippen LogP contribution in [0.25, 0.3) is 0 Å². The zero-order chi connectivity index (χ0) is 17.1. The van der Waals surface area contributed by atoms with Crippen molar-refractivity contribution in [1.29, 1.82) is 0 Å². The summed E-state index contributed by atoms with van der Waals surface area (Å²) in [6, 6.07) is 2.71. The summed E-state index contributed by atoms with van der Waals surface area (Å²) in [7, 11) is 0. The van der Waals surface area contributed by atoms with E-state index >= 15 is 0 Å². The van der Waals surface area contributed by atoms with Gasteiger partial charge in [0.05, 0.1) is 11.3 Å². The summed E-state index contributed by atoms with van der Waals surface area (Å²) < 4.78 is 26.3. The van der Waals surface area contributed by atoms with Crippen molar-refractivity contribution in [1.82, 2.24) is 10.3 Å². The summed E-state index contributed by atoms with van der Waals surface area (Å²) >= 11 is 1.37. The van der Waals surface area contributed by atoms with E-state index in [9.17, 15) is 18.4 Å². The zero-order valence-corrected chi connectivity index (χ0v) is 13.5. The predicted octanol–water partition coefficient (Wildman–Crippen LogP) is 3.06. The summed E-state index contributed by atoms with van der Waals surface area (Å²) in [5, 5.41) is 7.58. The van der Waals surface area contributed by atoms with Crippen LogP contribution >= 0.6 is 11.3 Å². The van der Waals surface area contributed by atoms with E-state index in [2.05, 4.69) is 15.6 Å². The first-order chi connectivity index (χ1) is 11.5. The summed E-state index contributed by atoms with van der Waals surface area (Å²) in [6.07, 6.45) is 2.32. The van der Waals surface area contributed by atoms with E-state index in [1.807, 2.05) is 5.38 Å². The number of halogens is 2. The van der Waals surface area contributed by atoms with Gasteiger partial charge in [0, 0.05) is 30.3 Å². The lowest BCUT2D eigenvalue weighted by molar-refractivity contribution is -0.116. The Balaban J connectivity index is 1.44. The molecule has 2 aromatic rings. The van der Waals surface area contributed by atoms with Gasteiger partial charge < -0.3 is 10.6 Å². The van der Waals surface area contributed by atoms with Gasteiger partial charge in [0.1, 0.15) is 11.6 Å². The third kappa shape index (κ3) is 4.14. The van der Waals surface area contributed by atoms with E-state index in [-0.39, 0.29) is 24.4 Å². The molecular weight excluding hydrogens is 336 g/mol. The molecule has 3 rings (SSSR count). The van der Waals surface area contributed by atoms with Crippen LogP contribution in [0.4, 0.5) is 13.9 Å².